The number of benzene rings is 3. The third-order valence-corrected chi connectivity index (χ3v) is 5.22. The monoisotopic (exact) mass is 358 g/mol. The van der Waals surface area contributed by atoms with Crippen LogP contribution < -0.4 is 4.74 Å². The lowest BCUT2D eigenvalue weighted by Crippen LogP contribution is -1.99. The molecule has 140 valence electrons. The van der Waals surface area contributed by atoms with Gasteiger partial charge >= 0.3 is 0 Å². The Morgan fingerprint density at radius 2 is 1.37 bits per heavy atom. The van der Waals surface area contributed by atoms with Gasteiger partial charge in [0.2, 0.25) is 0 Å². The Balaban J connectivity index is 2.00. The largest absolute Gasteiger partial charge is 0.494 e. The minimum absolute atomic E-state index is 0.596. The van der Waals surface area contributed by atoms with Crippen molar-refractivity contribution in [2.24, 2.45) is 0 Å². The van der Waals surface area contributed by atoms with Gasteiger partial charge in [0.25, 0.3) is 0 Å². The van der Waals surface area contributed by atoms with E-state index in [0.717, 1.165) is 18.8 Å². The molecule has 0 radical (unpaired) electrons. The average molecular weight is 359 g/mol. The van der Waals surface area contributed by atoms with Crippen molar-refractivity contribution >= 4 is 0 Å². The van der Waals surface area contributed by atoms with Crippen LogP contribution in [0.1, 0.15) is 51.5 Å². The van der Waals surface area contributed by atoms with E-state index in [9.17, 15) is 0 Å². The van der Waals surface area contributed by atoms with Gasteiger partial charge in [0.15, 0.2) is 0 Å². The Morgan fingerprint density at radius 1 is 0.704 bits per heavy atom. The fraction of sp³-hybridized carbons (Fsp3) is 0.308. The van der Waals surface area contributed by atoms with E-state index in [1.165, 1.54) is 40.7 Å². The third-order valence-electron chi connectivity index (χ3n) is 5.22. The van der Waals surface area contributed by atoms with Gasteiger partial charge in [0.1, 0.15) is 5.75 Å². The van der Waals surface area contributed by atoms with E-state index < -0.39 is 0 Å². The first-order valence-corrected chi connectivity index (χ1v) is 10.2. The predicted octanol–water partition coefficient (Wildman–Crippen LogP) is 7.71. The molecule has 0 saturated carbocycles. The van der Waals surface area contributed by atoms with Gasteiger partial charge in [-0.1, -0.05) is 75.4 Å². The van der Waals surface area contributed by atoms with Crippen LogP contribution in [0.5, 0.6) is 5.75 Å². The van der Waals surface area contributed by atoms with Gasteiger partial charge in [-0.2, -0.15) is 0 Å². The number of ether oxygens (including phenoxy) is 1. The molecule has 27 heavy (non-hydrogen) atoms. The molecule has 0 bridgehead atoms. The first-order chi connectivity index (χ1) is 13.3. The van der Waals surface area contributed by atoms with E-state index in [0.29, 0.717) is 5.92 Å². The van der Waals surface area contributed by atoms with Crippen LogP contribution in [-0.4, -0.2) is 6.61 Å². The zero-order valence-electron chi connectivity index (χ0n) is 16.7. The average Bonchev–Trinajstić information content (AvgIpc) is 2.74. The van der Waals surface area contributed by atoms with Crippen molar-refractivity contribution in [2.75, 3.05) is 6.61 Å². The molecule has 0 amide bonds. The fourth-order valence-electron chi connectivity index (χ4n) is 3.65. The lowest BCUT2D eigenvalue weighted by molar-refractivity contribution is 0.317. The van der Waals surface area contributed by atoms with Crippen molar-refractivity contribution in [3.05, 3.63) is 78.4 Å². The minimum atomic E-state index is 0.596. The molecule has 3 aromatic rings. The first-order valence-electron chi connectivity index (χ1n) is 10.2. The highest BCUT2D eigenvalue weighted by molar-refractivity contribution is 5.76. The Hall–Kier alpha value is -2.54. The molecule has 0 aliphatic rings. The quantitative estimate of drug-likeness (QED) is 0.400. The van der Waals surface area contributed by atoms with Gasteiger partial charge in [0, 0.05) is 0 Å². The summed E-state index contributed by atoms with van der Waals surface area (Å²) in [6, 6.07) is 26.2. The summed E-state index contributed by atoms with van der Waals surface area (Å²) in [4.78, 5) is 0. The molecular formula is C26H30O. The minimum Gasteiger partial charge on any atom is -0.494 e. The molecule has 0 heterocycles. The molecule has 0 aliphatic heterocycles. The van der Waals surface area contributed by atoms with Crippen LogP contribution in [-0.2, 0) is 0 Å². The topological polar surface area (TPSA) is 9.23 Å². The number of hydrogen-bond acceptors (Lipinski definition) is 1. The molecule has 0 spiro atoms. The highest BCUT2D eigenvalue weighted by Gasteiger charge is 2.14. The highest BCUT2D eigenvalue weighted by atomic mass is 16.5. The maximum Gasteiger partial charge on any atom is 0.119 e. The van der Waals surface area contributed by atoms with Crippen LogP contribution in [0, 0.1) is 0 Å². The van der Waals surface area contributed by atoms with E-state index >= 15 is 0 Å². The van der Waals surface area contributed by atoms with Crippen LogP contribution in [0.3, 0.4) is 0 Å². The third kappa shape index (κ3) is 4.60. The normalized spacial score (nSPS) is 11.0. The van der Waals surface area contributed by atoms with Crippen molar-refractivity contribution in [3.63, 3.8) is 0 Å². The first kappa shape index (κ1) is 19.2. The summed E-state index contributed by atoms with van der Waals surface area (Å²) in [7, 11) is 0. The van der Waals surface area contributed by atoms with Gasteiger partial charge < -0.3 is 4.74 Å². The van der Waals surface area contributed by atoms with Crippen molar-refractivity contribution in [2.45, 2.75) is 46.0 Å². The zero-order chi connectivity index (χ0) is 19.1. The molecule has 1 heteroatoms. The van der Waals surface area contributed by atoms with Gasteiger partial charge in [-0.3, -0.25) is 0 Å². The lowest BCUT2D eigenvalue weighted by Gasteiger charge is -2.19. The second-order valence-electron chi connectivity index (χ2n) is 7.05. The molecule has 1 nitrogen and oxygen atoms in total. The van der Waals surface area contributed by atoms with E-state index in [1.54, 1.807) is 0 Å². The van der Waals surface area contributed by atoms with Gasteiger partial charge in [-0.15, -0.1) is 0 Å². The summed E-state index contributed by atoms with van der Waals surface area (Å²) in [6.07, 6.45) is 3.36. The second kappa shape index (κ2) is 9.41. The molecule has 3 aromatic carbocycles. The molecule has 0 unspecified atom stereocenters. The summed E-state index contributed by atoms with van der Waals surface area (Å²) in [5, 5.41) is 0. The van der Waals surface area contributed by atoms with E-state index in [1.807, 2.05) is 0 Å². The number of hydrogen-bond donors (Lipinski definition) is 0. The van der Waals surface area contributed by atoms with Crippen LogP contribution in [0.25, 0.3) is 22.3 Å². The molecular weight excluding hydrogens is 328 g/mol. The Morgan fingerprint density at radius 3 is 2.00 bits per heavy atom. The van der Waals surface area contributed by atoms with E-state index in [4.69, 9.17) is 4.74 Å². The Labute approximate surface area is 164 Å². The van der Waals surface area contributed by atoms with Crippen molar-refractivity contribution in [3.8, 4) is 28.0 Å². The van der Waals surface area contributed by atoms with Gasteiger partial charge in [-0.25, -0.2) is 0 Å². The molecule has 0 aromatic heterocycles. The SMILES string of the molecule is CCCOc1ccc(-c2ccc(C(CC)CC)c(-c3ccccc3)c2)cc1. The van der Waals surface area contributed by atoms with Gasteiger partial charge in [-0.05, 0) is 71.2 Å². The predicted molar refractivity (Wildman–Crippen MR) is 116 cm³/mol. The van der Waals surface area contributed by atoms with Crippen molar-refractivity contribution < 1.29 is 4.74 Å². The van der Waals surface area contributed by atoms with Crippen LogP contribution in [0.4, 0.5) is 0 Å². The number of rotatable bonds is 8. The fourth-order valence-corrected chi connectivity index (χ4v) is 3.65. The maximum absolute atomic E-state index is 5.72. The Bertz CT molecular complexity index is 830. The molecule has 0 fully saturated rings. The van der Waals surface area contributed by atoms with Crippen LogP contribution in [0.2, 0.25) is 0 Å². The summed E-state index contributed by atoms with van der Waals surface area (Å²) in [5.41, 5.74) is 6.59. The summed E-state index contributed by atoms with van der Waals surface area (Å²) in [6.45, 7) is 7.46. The molecule has 3 rings (SSSR count). The smallest absolute Gasteiger partial charge is 0.119 e. The molecule has 0 N–H and O–H groups in total. The molecule has 0 saturated heterocycles. The summed E-state index contributed by atoms with van der Waals surface area (Å²) in [5.74, 6) is 1.54. The van der Waals surface area contributed by atoms with Crippen molar-refractivity contribution in [1.29, 1.82) is 0 Å². The van der Waals surface area contributed by atoms with Crippen LogP contribution in [0.15, 0.2) is 72.8 Å². The summed E-state index contributed by atoms with van der Waals surface area (Å²) >= 11 is 0. The van der Waals surface area contributed by atoms with E-state index in [2.05, 4.69) is 93.6 Å². The van der Waals surface area contributed by atoms with Crippen LogP contribution >= 0.6 is 0 Å². The highest BCUT2D eigenvalue weighted by Crippen LogP contribution is 2.36. The van der Waals surface area contributed by atoms with E-state index in [-0.39, 0.29) is 0 Å². The van der Waals surface area contributed by atoms with Gasteiger partial charge in [0.05, 0.1) is 6.61 Å². The molecule has 0 atom stereocenters. The summed E-state index contributed by atoms with van der Waals surface area (Å²) < 4.78 is 5.72. The second-order valence-corrected chi connectivity index (χ2v) is 7.05. The lowest BCUT2D eigenvalue weighted by atomic mass is 9.85. The molecule has 0 aliphatic carbocycles. The Kier molecular flexibility index (Phi) is 6.70. The zero-order valence-corrected chi connectivity index (χ0v) is 16.7. The maximum atomic E-state index is 5.72. The standard InChI is InChI=1S/C26H30O/c1-4-18-27-24-15-12-21(13-16-24)23-14-17-25(20(5-2)6-3)26(19-23)22-10-8-7-9-11-22/h7-17,19-20H,4-6,18H2,1-3H3. The van der Waals surface area contributed by atoms with Crippen molar-refractivity contribution in [1.82, 2.24) is 0 Å².